The van der Waals surface area contributed by atoms with Crippen LogP contribution in [0.1, 0.15) is 33.9 Å². The molecule has 2 aromatic heterocycles. The van der Waals surface area contributed by atoms with E-state index in [0.29, 0.717) is 11.2 Å². The highest BCUT2D eigenvalue weighted by atomic mass is 31.2. The van der Waals surface area contributed by atoms with Gasteiger partial charge in [0, 0.05) is 7.11 Å². The maximum absolute atomic E-state index is 12.6. The number of fused-ring (bicyclic) bond motifs is 1. The van der Waals surface area contributed by atoms with Gasteiger partial charge in [-0.2, -0.15) is 0 Å². The van der Waals surface area contributed by atoms with E-state index >= 15 is 0 Å². The molecule has 1 aliphatic rings. The van der Waals surface area contributed by atoms with Crippen LogP contribution in [0.4, 0.5) is 5.82 Å². The highest BCUT2D eigenvalue weighted by Gasteiger charge is 2.50. The fraction of sp³-hybridized carbons (Fsp3) is 0.706. The third kappa shape index (κ3) is 4.45. The van der Waals surface area contributed by atoms with Crippen LogP contribution in [0.15, 0.2) is 12.7 Å². The molecule has 0 aromatic carbocycles. The van der Waals surface area contributed by atoms with E-state index in [1.807, 2.05) is 13.8 Å². The molecule has 29 heavy (non-hydrogen) atoms. The van der Waals surface area contributed by atoms with E-state index in [1.165, 1.54) is 19.8 Å². The van der Waals surface area contributed by atoms with Gasteiger partial charge < -0.3 is 24.8 Å². The van der Waals surface area contributed by atoms with Crippen molar-refractivity contribution in [3.05, 3.63) is 12.7 Å². The minimum absolute atomic E-state index is 0.0491. The Balaban J connectivity index is 1.97. The van der Waals surface area contributed by atoms with Crippen LogP contribution >= 0.6 is 7.60 Å². The number of rotatable bonds is 8. The van der Waals surface area contributed by atoms with Crippen molar-refractivity contribution in [1.82, 2.24) is 19.5 Å². The Morgan fingerprint density at radius 2 is 2.00 bits per heavy atom. The van der Waals surface area contributed by atoms with Crippen molar-refractivity contribution in [1.29, 1.82) is 0 Å². The van der Waals surface area contributed by atoms with E-state index in [-0.39, 0.29) is 18.5 Å². The molecular formula is C17H28N5O6P. The summed E-state index contributed by atoms with van der Waals surface area (Å²) in [5.74, 6) is 0.243. The molecule has 1 saturated heterocycles. The molecule has 1 fully saturated rings. The van der Waals surface area contributed by atoms with Crippen molar-refractivity contribution in [2.24, 2.45) is 0 Å². The van der Waals surface area contributed by atoms with E-state index in [0.717, 1.165) is 0 Å². The Hall–Kier alpha value is -1.62. The summed E-state index contributed by atoms with van der Waals surface area (Å²) in [7, 11) is -2.40. The van der Waals surface area contributed by atoms with Gasteiger partial charge >= 0.3 is 7.60 Å². The number of hydrogen-bond acceptors (Lipinski definition) is 9. The summed E-state index contributed by atoms with van der Waals surface area (Å²) in [6.07, 6.45) is -0.0777. The molecule has 162 valence electrons. The van der Waals surface area contributed by atoms with Crippen LogP contribution in [-0.4, -0.2) is 68.2 Å². The normalized spacial score (nSPS) is 27.2. The van der Waals surface area contributed by atoms with E-state index in [9.17, 15) is 9.46 Å². The molecule has 1 aliphatic heterocycles. The number of nitrogen functional groups attached to an aromatic ring is 1. The lowest BCUT2D eigenvalue weighted by Crippen LogP contribution is -2.38. The molecule has 3 heterocycles. The summed E-state index contributed by atoms with van der Waals surface area (Å²) in [6, 6.07) is 0. The number of methoxy groups -OCH3 is 1. The smallest absolute Gasteiger partial charge is 0.331 e. The van der Waals surface area contributed by atoms with Gasteiger partial charge in [-0.1, -0.05) is 13.8 Å². The van der Waals surface area contributed by atoms with Crippen LogP contribution in [0.25, 0.3) is 11.2 Å². The number of nitrogens with two attached hydrogens (primary N) is 1. The topological polar surface area (TPSA) is 144 Å². The molecular weight excluding hydrogens is 401 g/mol. The van der Waals surface area contributed by atoms with Crippen LogP contribution in [0.2, 0.25) is 0 Å². The average molecular weight is 429 g/mol. The second-order valence-electron chi connectivity index (χ2n) is 7.46. The summed E-state index contributed by atoms with van der Waals surface area (Å²) in [5.41, 5.74) is 6.19. The molecule has 12 heteroatoms. The largest absolute Gasteiger partial charge is 0.382 e. The van der Waals surface area contributed by atoms with Crippen molar-refractivity contribution in [3.8, 4) is 0 Å². The molecule has 11 nitrogen and oxygen atoms in total. The van der Waals surface area contributed by atoms with Crippen LogP contribution in [0.5, 0.6) is 0 Å². The average Bonchev–Trinajstić information content (AvgIpc) is 3.21. The van der Waals surface area contributed by atoms with Crippen molar-refractivity contribution in [2.45, 2.75) is 64.0 Å². The number of anilines is 1. The zero-order valence-electron chi connectivity index (χ0n) is 17.1. The Morgan fingerprint density at radius 3 is 2.62 bits per heavy atom. The van der Waals surface area contributed by atoms with Gasteiger partial charge in [0.15, 0.2) is 17.7 Å². The number of aromatic nitrogens is 4. The number of imidazole rings is 1. The van der Waals surface area contributed by atoms with Crippen molar-refractivity contribution < 1.29 is 28.2 Å². The maximum atomic E-state index is 12.6. The van der Waals surface area contributed by atoms with Crippen molar-refractivity contribution >= 4 is 24.6 Å². The lowest BCUT2D eigenvalue weighted by atomic mass is 10.1. The first-order valence-corrected chi connectivity index (χ1v) is 11.0. The molecule has 2 aromatic rings. The Bertz CT molecular complexity index is 890. The van der Waals surface area contributed by atoms with Gasteiger partial charge in [-0.3, -0.25) is 13.7 Å². The molecule has 0 amide bonds. The monoisotopic (exact) mass is 429 g/mol. The summed E-state index contributed by atoms with van der Waals surface area (Å²) in [5, 5.41) is 0. The van der Waals surface area contributed by atoms with Crippen LogP contribution in [0.3, 0.4) is 0 Å². The Kier molecular flexibility index (Phi) is 6.57. The first kappa shape index (κ1) is 22.1. The Morgan fingerprint density at radius 1 is 1.28 bits per heavy atom. The third-order valence-electron chi connectivity index (χ3n) is 4.74. The Labute approximate surface area is 169 Å². The molecule has 3 rings (SSSR count). The fourth-order valence-electron chi connectivity index (χ4n) is 3.08. The van der Waals surface area contributed by atoms with Gasteiger partial charge in [-0.25, -0.2) is 15.0 Å². The predicted molar refractivity (Wildman–Crippen MR) is 105 cm³/mol. The molecule has 3 N–H and O–H groups in total. The first-order chi connectivity index (χ1) is 13.7. The van der Waals surface area contributed by atoms with Gasteiger partial charge in [-0.05, 0) is 13.8 Å². The second kappa shape index (κ2) is 8.63. The highest BCUT2D eigenvalue weighted by Crippen LogP contribution is 2.51. The lowest BCUT2D eigenvalue weighted by molar-refractivity contribution is -0.0766. The van der Waals surface area contributed by atoms with Gasteiger partial charge in [0.25, 0.3) is 0 Å². The number of hydrogen-bond donors (Lipinski definition) is 2. The molecule has 2 unspecified atom stereocenters. The van der Waals surface area contributed by atoms with E-state index in [2.05, 4.69) is 15.0 Å². The predicted octanol–water partition coefficient (Wildman–Crippen LogP) is 1.72. The van der Waals surface area contributed by atoms with Gasteiger partial charge in [0.2, 0.25) is 0 Å². The van der Waals surface area contributed by atoms with Crippen LogP contribution < -0.4 is 5.73 Å². The summed E-state index contributed by atoms with van der Waals surface area (Å²) >= 11 is 0. The molecule has 5 atom stereocenters. The van der Waals surface area contributed by atoms with Crippen LogP contribution in [0, 0.1) is 0 Å². The van der Waals surface area contributed by atoms with Gasteiger partial charge in [-0.15, -0.1) is 0 Å². The van der Waals surface area contributed by atoms with Crippen molar-refractivity contribution in [3.63, 3.8) is 0 Å². The van der Waals surface area contributed by atoms with Gasteiger partial charge in [0.1, 0.15) is 30.2 Å². The number of nitrogens with zero attached hydrogens (tertiary/aromatic N) is 4. The molecule has 0 radical (unpaired) electrons. The summed E-state index contributed by atoms with van der Waals surface area (Å²) in [4.78, 5) is 22.7. The van der Waals surface area contributed by atoms with E-state index in [4.69, 9.17) is 24.5 Å². The third-order valence-corrected chi connectivity index (χ3v) is 6.59. The van der Waals surface area contributed by atoms with Gasteiger partial charge in [0.05, 0.1) is 24.7 Å². The fourth-order valence-corrected chi connectivity index (χ4v) is 3.93. The molecule has 0 spiro atoms. The number of ether oxygens (including phenoxy) is 3. The summed E-state index contributed by atoms with van der Waals surface area (Å²) < 4.78 is 37.4. The highest BCUT2D eigenvalue weighted by molar-refractivity contribution is 7.53. The van der Waals surface area contributed by atoms with Crippen molar-refractivity contribution in [2.75, 3.05) is 19.5 Å². The molecule has 0 aliphatic carbocycles. The molecule has 0 bridgehead atoms. The zero-order chi connectivity index (χ0) is 21.3. The lowest BCUT2D eigenvalue weighted by Gasteiger charge is -2.27. The zero-order valence-corrected chi connectivity index (χ0v) is 18.0. The quantitative estimate of drug-likeness (QED) is 0.595. The standard InChI is InChI=1S/C17H28N5O6P/c1-9(2)26-6-11-13(28-29(23,24)10(3)4)14(25-5)17(27-11)22-8-21-12-15(18)19-7-20-16(12)22/h7-11,13-14,17H,6H2,1-5H3,(H,23,24)(H2,18,19,20)/t11-,13+,14?,17-/m1/s1. The summed E-state index contributed by atoms with van der Waals surface area (Å²) in [6.45, 7) is 7.20. The first-order valence-electron chi connectivity index (χ1n) is 9.39. The van der Waals surface area contributed by atoms with E-state index < -0.39 is 37.8 Å². The minimum atomic E-state index is -3.89. The van der Waals surface area contributed by atoms with E-state index in [1.54, 1.807) is 18.4 Å². The SMILES string of the molecule is COC1[C@@H](OP(=O)(O)C(C)C)[C@@H](COC(C)C)O[C@H]1n1cnc2c(N)ncnc21. The second-order valence-corrected chi connectivity index (χ2v) is 9.83. The minimum Gasteiger partial charge on any atom is -0.382 e. The maximum Gasteiger partial charge on any atom is 0.331 e. The van der Waals surface area contributed by atoms with Crippen LogP contribution in [-0.2, 0) is 23.3 Å². The molecule has 0 saturated carbocycles.